The van der Waals surface area contributed by atoms with E-state index in [0.29, 0.717) is 0 Å². The van der Waals surface area contributed by atoms with Crippen LogP contribution < -0.4 is 0 Å². The molecule has 0 spiro atoms. The van der Waals surface area contributed by atoms with E-state index in [2.05, 4.69) is 18.8 Å². The quantitative estimate of drug-likeness (QED) is 0.300. The summed E-state index contributed by atoms with van der Waals surface area (Å²) < 4.78 is 0. The molecule has 2 rings (SSSR count). The molecule has 21 heavy (non-hydrogen) atoms. The molecule has 0 radical (unpaired) electrons. The van der Waals surface area contributed by atoms with E-state index in [-0.39, 0.29) is 23.9 Å². The molecule has 2 saturated carbocycles. The molecule has 128 valence electrons. The minimum atomic E-state index is -0.106. The SMILES string of the molecule is CCCC=CP(C1CCCCC1)C1CCCCC1.[Cl][Pd][Cl]. The molecule has 0 nitrogen and oxygen atoms in total. The summed E-state index contributed by atoms with van der Waals surface area (Å²) in [4.78, 5) is 0. The van der Waals surface area contributed by atoms with Gasteiger partial charge in [0.05, 0.1) is 0 Å². The normalized spacial score (nSPS) is 21.7. The zero-order valence-corrected chi connectivity index (χ0v) is 17.3. The fourth-order valence-corrected chi connectivity index (χ4v) is 7.06. The van der Waals surface area contributed by atoms with Gasteiger partial charge in [-0.25, -0.2) is 0 Å². The average molecular weight is 444 g/mol. The fourth-order valence-electron chi connectivity index (χ4n) is 3.66. The standard InChI is InChI=1S/C17H31P.2ClH.Pd/c1-2-3-10-15-18(16-11-6-4-7-12-16)17-13-8-5-9-14-17;;;/h10,15-17H,2-9,11-14H2,1H3;2*1H;/q;;;+2/p-2. The van der Waals surface area contributed by atoms with E-state index >= 15 is 0 Å². The minimum absolute atomic E-state index is 0.106. The van der Waals surface area contributed by atoms with Gasteiger partial charge in [0.25, 0.3) is 0 Å². The van der Waals surface area contributed by atoms with Crippen molar-refractivity contribution in [3.05, 3.63) is 11.9 Å². The molecular weight excluding hydrogens is 412 g/mol. The number of unbranched alkanes of at least 4 members (excludes halogenated alkanes) is 1. The molecule has 0 aromatic rings. The third kappa shape index (κ3) is 8.72. The van der Waals surface area contributed by atoms with Crippen molar-refractivity contribution in [2.45, 2.75) is 95.3 Å². The van der Waals surface area contributed by atoms with Crippen LogP contribution in [0.15, 0.2) is 11.9 Å². The van der Waals surface area contributed by atoms with Crippen LogP contribution in [0.2, 0.25) is 0 Å². The molecule has 0 atom stereocenters. The van der Waals surface area contributed by atoms with Crippen LogP contribution in [0, 0.1) is 0 Å². The van der Waals surface area contributed by atoms with Crippen molar-refractivity contribution in [3.63, 3.8) is 0 Å². The third-order valence-electron chi connectivity index (χ3n) is 4.73. The molecule has 0 aromatic heterocycles. The predicted octanol–water partition coefficient (Wildman–Crippen LogP) is 7.82. The van der Waals surface area contributed by atoms with E-state index in [1.165, 1.54) is 51.4 Å². The van der Waals surface area contributed by atoms with Gasteiger partial charge in [-0.3, -0.25) is 0 Å². The monoisotopic (exact) mass is 442 g/mol. The van der Waals surface area contributed by atoms with Crippen LogP contribution in [0.25, 0.3) is 0 Å². The van der Waals surface area contributed by atoms with Crippen molar-refractivity contribution in [3.8, 4) is 0 Å². The first-order valence-corrected chi connectivity index (χ1v) is 14.1. The van der Waals surface area contributed by atoms with Gasteiger partial charge in [-0.2, -0.15) is 0 Å². The van der Waals surface area contributed by atoms with Gasteiger partial charge >= 0.3 is 35.0 Å². The Balaban J connectivity index is 0.000000677. The summed E-state index contributed by atoms with van der Waals surface area (Å²) in [5.74, 6) is 2.70. The summed E-state index contributed by atoms with van der Waals surface area (Å²) in [5, 5.41) is 0. The van der Waals surface area contributed by atoms with Crippen LogP contribution in [-0.4, -0.2) is 11.3 Å². The number of halogens is 2. The van der Waals surface area contributed by atoms with E-state index in [1.807, 2.05) is 0 Å². The fraction of sp³-hybridized carbons (Fsp3) is 0.882. The summed E-state index contributed by atoms with van der Waals surface area (Å²) >= 11 is -0.106. The molecule has 0 unspecified atom stereocenters. The Labute approximate surface area is 149 Å². The first kappa shape index (κ1) is 20.5. The Morgan fingerprint density at radius 3 is 1.71 bits per heavy atom. The van der Waals surface area contributed by atoms with E-state index < -0.39 is 0 Å². The van der Waals surface area contributed by atoms with Crippen LogP contribution in [0.5, 0.6) is 0 Å². The Kier molecular flexibility index (Phi) is 13.5. The summed E-state index contributed by atoms with van der Waals surface area (Å²) in [7, 11) is 9.84. The second-order valence-corrected chi connectivity index (χ2v) is 11.3. The molecule has 2 aliphatic carbocycles. The van der Waals surface area contributed by atoms with Crippen molar-refractivity contribution in [2.24, 2.45) is 0 Å². The third-order valence-corrected chi connectivity index (χ3v) is 8.00. The second kappa shape index (κ2) is 13.8. The summed E-state index contributed by atoms with van der Waals surface area (Å²) in [6.45, 7) is 2.30. The summed E-state index contributed by atoms with van der Waals surface area (Å²) in [5.41, 5.74) is 2.18. The van der Waals surface area contributed by atoms with Crippen LogP contribution in [0.4, 0.5) is 0 Å². The molecule has 0 aliphatic heterocycles. The Hall–Kier alpha value is 1.41. The van der Waals surface area contributed by atoms with Crippen molar-refractivity contribution >= 4 is 27.0 Å². The Morgan fingerprint density at radius 2 is 1.33 bits per heavy atom. The second-order valence-electron chi connectivity index (χ2n) is 6.25. The molecule has 0 heterocycles. The first-order chi connectivity index (χ1) is 10.3. The molecular formula is C17H31Cl2PPd. The van der Waals surface area contributed by atoms with Crippen LogP contribution in [0.1, 0.15) is 84.0 Å². The van der Waals surface area contributed by atoms with E-state index in [0.717, 1.165) is 11.3 Å². The van der Waals surface area contributed by atoms with Gasteiger partial charge in [0.2, 0.25) is 0 Å². The van der Waals surface area contributed by atoms with Crippen LogP contribution in [-0.2, 0) is 15.9 Å². The molecule has 0 saturated heterocycles. The molecule has 4 heteroatoms. The van der Waals surface area contributed by atoms with Gasteiger partial charge in [-0.15, -0.1) is 0 Å². The van der Waals surface area contributed by atoms with Crippen LogP contribution >= 0.6 is 27.0 Å². The van der Waals surface area contributed by atoms with E-state index in [4.69, 9.17) is 19.1 Å². The number of hydrogen-bond donors (Lipinski definition) is 0. The Morgan fingerprint density at radius 1 is 0.905 bits per heavy atom. The van der Waals surface area contributed by atoms with Gasteiger partial charge in [0.1, 0.15) is 0 Å². The summed E-state index contributed by atoms with van der Waals surface area (Å²) in [6, 6.07) is 0. The predicted molar refractivity (Wildman–Crippen MR) is 96.4 cm³/mol. The van der Waals surface area contributed by atoms with E-state index in [1.54, 1.807) is 25.7 Å². The Bertz CT molecular complexity index is 244. The number of rotatable bonds is 5. The molecule has 0 bridgehead atoms. The topological polar surface area (TPSA) is 0 Å². The molecule has 2 aliphatic rings. The van der Waals surface area contributed by atoms with Gasteiger partial charge in [-0.1, -0.05) is 71.7 Å². The summed E-state index contributed by atoms with van der Waals surface area (Å²) in [6.07, 6.45) is 20.4. The van der Waals surface area contributed by atoms with Gasteiger partial charge in [-0.05, 0) is 43.4 Å². The maximum absolute atomic E-state index is 4.81. The van der Waals surface area contributed by atoms with Crippen LogP contribution in [0.3, 0.4) is 0 Å². The molecule has 0 aromatic carbocycles. The molecule has 0 N–H and O–H groups in total. The first-order valence-electron chi connectivity index (χ1n) is 8.60. The number of allylic oxidation sites excluding steroid dienone is 1. The molecule has 0 amide bonds. The van der Waals surface area contributed by atoms with Gasteiger partial charge in [0.15, 0.2) is 0 Å². The number of hydrogen-bond acceptors (Lipinski definition) is 0. The average Bonchev–Trinajstić information content (AvgIpc) is 2.54. The van der Waals surface area contributed by atoms with Crippen molar-refractivity contribution in [1.82, 2.24) is 0 Å². The van der Waals surface area contributed by atoms with Gasteiger partial charge < -0.3 is 0 Å². The van der Waals surface area contributed by atoms with Crippen molar-refractivity contribution < 1.29 is 15.9 Å². The zero-order valence-electron chi connectivity index (χ0n) is 13.3. The van der Waals surface area contributed by atoms with Gasteiger partial charge in [0, 0.05) is 0 Å². The zero-order chi connectivity index (χ0) is 15.3. The van der Waals surface area contributed by atoms with Crippen molar-refractivity contribution in [1.29, 1.82) is 0 Å². The molecule has 2 fully saturated rings. The van der Waals surface area contributed by atoms with E-state index in [9.17, 15) is 0 Å². The maximum atomic E-state index is 4.81. The van der Waals surface area contributed by atoms with Crippen molar-refractivity contribution in [2.75, 3.05) is 0 Å².